The van der Waals surface area contributed by atoms with Gasteiger partial charge in [-0.25, -0.2) is 0 Å². The van der Waals surface area contributed by atoms with Gasteiger partial charge in [-0.2, -0.15) is 0 Å². The van der Waals surface area contributed by atoms with E-state index in [9.17, 15) is 4.79 Å². The molecule has 7 nitrogen and oxygen atoms in total. The first kappa shape index (κ1) is 21.6. The number of aliphatic imine (C=N–C) groups is 1. The van der Waals surface area contributed by atoms with E-state index in [1.165, 1.54) is 18.2 Å². The summed E-state index contributed by atoms with van der Waals surface area (Å²) >= 11 is 0. The number of esters is 1. The summed E-state index contributed by atoms with van der Waals surface area (Å²) in [6, 6.07) is 9.07. The van der Waals surface area contributed by atoms with Crippen molar-refractivity contribution < 1.29 is 14.3 Å². The Morgan fingerprint density at radius 2 is 1.86 bits per heavy atom. The number of likely N-dealkylation sites (tertiary alicyclic amines) is 1. The smallest absolute Gasteiger partial charge is 0.308 e. The number of aryl methyl sites for hydroxylation is 1. The van der Waals surface area contributed by atoms with Crippen molar-refractivity contribution in [2.45, 2.75) is 25.8 Å². The summed E-state index contributed by atoms with van der Waals surface area (Å²) in [6.07, 6.45) is 1.61. The van der Waals surface area contributed by atoms with Crippen molar-refractivity contribution in [3.05, 3.63) is 35.4 Å². The predicted octanol–water partition coefficient (Wildman–Crippen LogP) is 1.83. The quantitative estimate of drug-likeness (QED) is 0.461. The van der Waals surface area contributed by atoms with E-state index in [-0.39, 0.29) is 17.9 Å². The predicted molar refractivity (Wildman–Crippen MR) is 114 cm³/mol. The van der Waals surface area contributed by atoms with Crippen molar-refractivity contribution in [3.63, 3.8) is 0 Å². The van der Waals surface area contributed by atoms with Gasteiger partial charge in [-0.05, 0) is 25.3 Å². The topological polar surface area (TPSA) is 66.4 Å². The molecule has 2 saturated heterocycles. The van der Waals surface area contributed by atoms with E-state index in [2.05, 4.69) is 51.3 Å². The monoisotopic (exact) mass is 402 g/mol. The lowest BCUT2D eigenvalue weighted by Gasteiger charge is -2.37. The molecule has 0 bridgehead atoms. The van der Waals surface area contributed by atoms with Gasteiger partial charge in [0.25, 0.3) is 0 Å². The highest BCUT2D eigenvalue weighted by molar-refractivity contribution is 5.80. The number of methoxy groups -OCH3 is 1. The van der Waals surface area contributed by atoms with Crippen LogP contribution in [0.3, 0.4) is 0 Å². The summed E-state index contributed by atoms with van der Waals surface area (Å²) in [4.78, 5) is 21.0. The first-order valence-corrected chi connectivity index (χ1v) is 10.5. The lowest BCUT2D eigenvalue weighted by Crippen LogP contribution is -2.49. The van der Waals surface area contributed by atoms with E-state index >= 15 is 0 Å². The van der Waals surface area contributed by atoms with Crippen LogP contribution in [0.2, 0.25) is 0 Å². The average molecular weight is 403 g/mol. The Kier molecular flexibility index (Phi) is 7.89. The highest BCUT2D eigenvalue weighted by Gasteiger charge is 2.28. The van der Waals surface area contributed by atoms with Crippen LogP contribution in [0, 0.1) is 12.8 Å². The van der Waals surface area contributed by atoms with Crippen LogP contribution in [0.4, 0.5) is 0 Å². The van der Waals surface area contributed by atoms with Gasteiger partial charge in [0.05, 0.1) is 32.3 Å². The summed E-state index contributed by atoms with van der Waals surface area (Å²) in [6.45, 7) is 7.94. The van der Waals surface area contributed by atoms with Gasteiger partial charge in [0.1, 0.15) is 0 Å². The zero-order chi connectivity index (χ0) is 20.6. The van der Waals surface area contributed by atoms with Crippen LogP contribution in [0.1, 0.15) is 30.0 Å². The number of hydrogen-bond acceptors (Lipinski definition) is 5. The molecule has 0 spiro atoms. The van der Waals surface area contributed by atoms with Crippen LogP contribution in [-0.4, -0.2) is 81.8 Å². The number of morpholine rings is 1. The van der Waals surface area contributed by atoms with Crippen LogP contribution in [-0.2, 0) is 14.3 Å². The number of ether oxygens (including phenoxy) is 2. The molecule has 3 rings (SSSR count). The number of carbonyl (C=O) groups is 1. The molecule has 1 atom stereocenters. The number of piperidine rings is 1. The fourth-order valence-corrected chi connectivity index (χ4v) is 4.15. The zero-order valence-corrected chi connectivity index (χ0v) is 17.9. The molecule has 2 fully saturated rings. The molecule has 0 amide bonds. The first-order valence-electron chi connectivity index (χ1n) is 10.5. The molecule has 1 unspecified atom stereocenters. The van der Waals surface area contributed by atoms with Crippen LogP contribution in [0.5, 0.6) is 0 Å². The average Bonchev–Trinajstić information content (AvgIpc) is 2.78. The van der Waals surface area contributed by atoms with Crippen LogP contribution < -0.4 is 5.32 Å². The van der Waals surface area contributed by atoms with E-state index in [0.29, 0.717) is 0 Å². The van der Waals surface area contributed by atoms with Gasteiger partial charge in [-0.3, -0.25) is 14.7 Å². The number of benzene rings is 1. The maximum atomic E-state index is 11.8. The number of guanidine groups is 1. The lowest BCUT2D eigenvalue weighted by atomic mass is 9.97. The summed E-state index contributed by atoms with van der Waals surface area (Å²) in [5, 5.41) is 3.58. The molecule has 2 aliphatic rings. The van der Waals surface area contributed by atoms with Gasteiger partial charge in [0.2, 0.25) is 0 Å². The van der Waals surface area contributed by atoms with Gasteiger partial charge in [-0.1, -0.05) is 29.8 Å². The molecule has 0 saturated carbocycles. The van der Waals surface area contributed by atoms with Gasteiger partial charge in [0.15, 0.2) is 5.96 Å². The zero-order valence-electron chi connectivity index (χ0n) is 17.9. The Morgan fingerprint density at radius 1 is 1.21 bits per heavy atom. The summed E-state index contributed by atoms with van der Waals surface area (Å²) in [5.41, 5.74) is 2.58. The summed E-state index contributed by atoms with van der Waals surface area (Å²) in [5.74, 6) is 0.807. The highest BCUT2D eigenvalue weighted by Crippen LogP contribution is 2.23. The molecule has 2 aliphatic heterocycles. The Balaban J connectivity index is 1.63. The number of rotatable bonds is 5. The van der Waals surface area contributed by atoms with Gasteiger partial charge in [-0.15, -0.1) is 0 Å². The van der Waals surface area contributed by atoms with E-state index in [0.717, 1.165) is 64.7 Å². The maximum Gasteiger partial charge on any atom is 0.308 e. The Morgan fingerprint density at radius 3 is 2.45 bits per heavy atom. The third kappa shape index (κ3) is 5.70. The van der Waals surface area contributed by atoms with Crippen LogP contribution in [0.15, 0.2) is 29.3 Å². The maximum absolute atomic E-state index is 11.8. The van der Waals surface area contributed by atoms with Gasteiger partial charge in [0, 0.05) is 39.8 Å². The van der Waals surface area contributed by atoms with Crippen molar-refractivity contribution >= 4 is 11.9 Å². The SMILES string of the molecule is CN=C(NCC(c1ccc(C)cc1)N1CCOCC1)N1CCC(C(=O)OC)CC1. The Bertz CT molecular complexity index is 678. The number of carbonyl (C=O) groups excluding carboxylic acids is 1. The minimum absolute atomic E-state index is 0.00279. The first-order chi connectivity index (χ1) is 14.1. The normalized spacial score (nSPS) is 20.4. The minimum Gasteiger partial charge on any atom is -0.469 e. The molecule has 0 aliphatic carbocycles. The molecule has 0 aromatic heterocycles. The van der Waals surface area contributed by atoms with Crippen LogP contribution in [0.25, 0.3) is 0 Å². The molecule has 1 aromatic carbocycles. The summed E-state index contributed by atoms with van der Waals surface area (Å²) in [7, 11) is 3.29. The molecule has 1 N–H and O–H groups in total. The van der Waals surface area contributed by atoms with Gasteiger partial charge >= 0.3 is 5.97 Å². The second-order valence-electron chi connectivity index (χ2n) is 7.79. The molecule has 160 valence electrons. The minimum atomic E-state index is -0.0978. The number of hydrogen-bond donors (Lipinski definition) is 1. The number of nitrogens with zero attached hydrogens (tertiary/aromatic N) is 3. The molecule has 1 aromatic rings. The second kappa shape index (κ2) is 10.6. The van der Waals surface area contributed by atoms with E-state index < -0.39 is 0 Å². The largest absolute Gasteiger partial charge is 0.469 e. The van der Waals surface area contributed by atoms with Crippen molar-refractivity contribution in [1.82, 2.24) is 15.1 Å². The van der Waals surface area contributed by atoms with Crippen molar-refractivity contribution in [2.24, 2.45) is 10.9 Å². The third-order valence-electron chi connectivity index (χ3n) is 5.94. The molecule has 2 heterocycles. The fourth-order valence-electron chi connectivity index (χ4n) is 4.15. The number of nitrogens with one attached hydrogen (secondary N) is 1. The molecular formula is C22H34N4O3. The molecule has 0 radical (unpaired) electrons. The Labute approximate surface area is 174 Å². The molecule has 29 heavy (non-hydrogen) atoms. The molecular weight excluding hydrogens is 368 g/mol. The van der Waals surface area contributed by atoms with Crippen molar-refractivity contribution in [3.8, 4) is 0 Å². The van der Waals surface area contributed by atoms with Crippen molar-refractivity contribution in [2.75, 3.05) is 60.1 Å². The van der Waals surface area contributed by atoms with E-state index in [1.54, 1.807) is 0 Å². The lowest BCUT2D eigenvalue weighted by molar-refractivity contribution is -0.146. The third-order valence-corrected chi connectivity index (χ3v) is 5.94. The standard InChI is InChI=1S/C22H34N4O3/c1-17-4-6-18(7-5-17)20(25-12-14-29-15-13-25)16-24-22(23-2)26-10-8-19(9-11-26)21(27)28-3/h4-7,19-20H,8-16H2,1-3H3,(H,23,24). The van der Waals surface area contributed by atoms with Crippen molar-refractivity contribution in [1.29, 1.82) is 0 Å². The van der Waals surface area contributed by atoms with E-state index in [1.807, 2.05) is 7.05 Å². The van der Waals surface area contributed by atoms with Crippen LogP contribution >= 0.6 is 0 Å². The van der Waals surface area contributed by atoms with Gasteiger partial charge < -0.3 is 19.7 Å². The molecule has 7 heteroatoms. The highest BCUT2D eigenvalue weighted by atomic mass is 16.5. The fraction of sp³-hybridized carbons (Fsp3) is 0.636. The second-order valence-corrected chi connectivity index (χ2v) is 7.79. The Hall–Kier alpha value is -2.12. The van der Waals surface area contributed by atoms with E-state index in [4.69, 9.17) is 9.47 Å². The summed E-state index contributed by atoms with van der Waals surface area (Å²) < 4.78 is 10.4.